The normalized spacial score (nSPS) is 12.1. The van der Waals surface area contributed by atoms with Crippen LogP contribution in [0.25, 0.3) is 0 Å². The van der Waals surface area contributed by atoms with E-state index >= 15 is 0 Å². The van der Waals surface area contributed by atoms with Gasteiger partial charge in [0, 0.05) is 24.7 Å². The maximum Gasteiger partial charge on any atom is 0.243 e. The second-order valence-corrected chi connectivity index (χ2v) is 6.90. The smallest absolute Gasteiger partial charge is 0.243 e. The molecule has 4 nitrogen and oxygen atoms in total. The number of hydrogen-bond donors (Lipinski definition) is 1. The van der Waals surface area contributed by atoms with Crippen molar-refractivity contribution >= 4 is 21.6 Å². The Kier molecular flexibility index (Phi) is 6.45. The molecule has 20 heavy (non-hydrogen) atoms. The van der Waals surface area contributed by atoms with Gasteiger partial charge in [-0.3, -0.25) is 0 Å². The first-order valence-corrected chi connectivity index (χ1v) is 8.70. The van der Waals surface area contributed by atoms with Crippen LogP contribution in [0.2, 0.25) is 5.02 Å². The van der Waals surface area contributed by atoms with Crippen LogP contribution in [-0.4, -0.2) is 32.4 Å². The molecule has 0 amide bonds. The highest BCUT2D eigenvalue weighted by Gasteiger charge is 2.25. The summed E-state index contributed by atoms with van der Waals surface area (Å²) >= 11 is 6.09. The standard InChI is InChI=1S/C14H23ClN2O2S/c1-5-16-10-12-8-13(15)9-14(11(12)4)20(18,19)17(6-2)7-3/h8-9,16H,5-7,10H2,1-4H3. The Morgan fingerprint density at radius 3 is 2.30 bits per heavy atom. The van der Waals surface area contributed by atoms with Crippen molar-refractivity contribution in [3.63, 3.8) is 0 Å². The number of hydrogen-bond acceptors (Lipinski definition) is 3. The molecule has 0 spiro atoms. The maximum absolute atomic E-state index is 12.6. The Morgan fingerprint density at radius 1 is 1.20 bits per heavy atom. The molecule has 0 aliphatic rings. The lowest BCUT2D eigenvalue weighted by Gasteiger charge is -2.21. The van der Waals surface area contributed by atoms with E-state index in [1.165, 1.54) is 4.31 Å². The van der Waals surface area contributed by atoms with Gasteiger partial charge in [0.2, 0.25) is 10.0 Å². The Bertz CT molecular complexity index is 555. The van der Waals surface area contributed by atoms with Crippen molar-refractivity contribution in [1.82, 2.24) is 9.62 Å². The number of halogens is 1. The minimum Gasteiger partial charge on any atom is -0.313 e. The van der Waals surface area contributed by atoms with Crippen LogP contribution in [0.15, 0.2) is 17.0 Å². The van der Waals surface area contributed by atoms with E-state index in [0.29, 0.717) is 29.6 Å². The molecule has 1 rings (SSSR count). The largest absolute Gasteiger partial charge is 0.313 e. The minimum absolute atomic E-state index is 0.307. The topological polar surface area (TPSA) is 49.4 Å². The molecule has 6 heteroatoms. The quantitative estimate of drug-likeness (QED) is 0.841. The second kappa shape index (κ2) is 7.41. The summed E-state index contributed by atoms with van der Waals surface area (Å²) in [6.07, 6.45) is 0. The lowest BCUT2D eigenvalue weighted by atomic mass is 10.1. The minimum atomic E-state index is -3.48. The Balaban J connectivity index is 3.34. The SMILES string of the molecule is CCNCc1cc(Cl)cc(S(=O)(=O)N(CC)CC)c1C. The molecule has 1 aromatic carbocycles. The van der Waals surface area contributed by atoms with Crippen LogP contribution in [0.3, 0.4) is 0 Å². The molecule has 0 fully saturated rings. The third-order valence-electron chi connectivity index (χ3n) is 3.32. The average molecular weight is 319 g/mol. The van der Waals surface area contributed by atoms with Crippen LogP contribution >= 0.6 is 11.6 Å². The number of nitrogens with zero attached hydrogens (tertiary/aromatic N) is 1. The van der Waals surface area contributed by atoms with Gasteiger partial charge < -0.3 is 5.32 Å². The molecule has 1 aromatic rings. The summed E-state index contributed by atoms with van der Waals surface area (Å²) in [5, 5.41) is 3.65. The predicted octanol–water partition coefficient (Wildman–Crippen LogP) is 2.79. The van der Waals surface area contributed by atoms with Crippen LogP contribution < -0.4 is 5.32 Å². The third kappa shape index (κ3) is 3.73. The van der Waals surface area contributed by atoms with Crippen LogP contribution in [0.4, 0.5) is 0 Å². The van der Waals surface area contributed by atoms with Gasteiger partial charge in [-0.05, 0) is 36.7 Å². The maximum atomic E-state index is 12.6. The molecule has 0 aromatic heterocycles. The highest BCUT2D eigenvalue weighted by atomic mass is 35.5. The Hall–Kier alpha value is -0.620. The first kappa shape index (κ1) is 17.4. The highest BCUT2D eigenvalue weighted by molar-refractivity contribution is 7.89. The predicted molar refractivity (Wildman–Crippen MR) is 83.7 cm³/mol. The first-order chi connectivity index (χ1) is 9.38. The van der Waals surface area contributed by atoms with Crippen molar-refractivity contribution in [3.05, 3.63) is 28.3 Å². The Morgan fingerprint density at radius 2 is 1.80 bits per heavy atom. The van der Waals surface area contributed by atoms with Gasteiger partial charge in [-0.25, -0.2) is 8.42 Å². The molecule has 0 unspecified atom stereocenters. The zero-order valence-electron chi connectivity index (χ0n) is 12.5. The molecule has 0 saturated heterocycles. The van der Waals surface area contributed by atoms with E-state index in [2.05, 4.69) is 5.32 Å². The van der Waals surface area contributed by atoms with E-state index in [0.717, 1.165) is 17.7 Å². The van der Waals surface area contributed by atoms with Gasteiger partial charge in [0.05, 0.1) is 4.90 Å². The Labute approximate surface area is 127 Å². The summed E-state index contributed by atoms with van der Waals surface area (Å²) in [5.41, 5.74) is 1.69. The summed E-state index contributed by atoms with van der Waals surface area (Å²) < 4.78 is 26.7. The van der Waals surface area contributed by atoms with Gasteiger partial charge in [-0.15, -0.1) is 0 Å². The van der Waals surface area contributed by atoms with E-state index in [9.17, 15) is 8.42 Å². The van der Waals surface area contributed by atoms with Gasteiger partial charge in [0.1, 0.15) is 0 Å². The number of benzene rings is 1. The lowest BCUT2D eigenvalue weighted by Crippen LogP contribution is -2.31. The zero-order chi connectivity index (χ0) is 15.3. The van der Waals surface area contributed by atoms with Crippen LogP contribution in [0.1, 0.15) is 31.9 Å². The summed E-state index contributed by atoms with van der Waals surface area (Å²) in [4.78, 5) is 0.307. The van der Waals surface area contributed by atoms with Gasteiger partial charge in [-0.2, -0.15) is 4.31 Å². The van der Waals surface area contributed by atoms with Crippen molar-refractivity contribution in [2.45, 2.75) is 39.1 Å². The molecule has 0 atom stereocenters. The fourth-order valence-electron chi connectivity index (χ4n) is 2.12. The van der Waals surface area contributed by atoms with Crippen molar-refractivity contribution in [3.8, 4) is 0 Å². The lowest BCUT2D eigenvalue weighted by molar-refractivity contribution is 0.444. The molecule has 114 valence electrons. The van der Waals surface area contributed by atoms with Gasteiger partial charge in [0.15, 0.2) is 0 Å². The number of nitrogens with one attached hydrogen (secondary N) is 1. The van der Waals surface area contributed by atoms with Crippen molar-refractivity contribution in [1.29, 1.82) is 0 Å². The van der Waals surface area contributed by atoms with Gasteiger partial charge in [0.25, 0.3) is 0 Å². The number of rotatable bonds is 7. The zero-order valence-corrected chi connectivity index (χ0v) is 14.1. The van der Waals surface area contributed by atoms with Crippen molar-refractivity contribution in [2.75, 3.05) is 19.6 Å². The van der Waals surface area contributed by atoms with Crippen LogP contribution in [0, 0.1) is 6.92 Å². The first-order valence-electron chi connectivity index (χ1n) is 6.88. The van der Waals surface area contributed by atoms with Crippen LogP contribution in [0.5, 0.6) is 0 Å². The van der Waals surface area contributed by atoms with E-state index in [4.69, 9.17) is 11.6 Å². The van der Waals surface area contributed by atoms with E-state index in [-0.39, 0.29) is 0 Å². The molecule has 0 aliphatic carbocycles. The fourth-order valence-corrected chi connectivity index (χ4v) is 4.18. The summed E-state index contributed by atoms with van der Waals surface area (Å²) in [6.45, 7) is 9.85. The molecule has 0 aliphatic heterocycles. The van der Waals surface area contributed by atoms with Gasteiger partial charge in [-0.1, -0.05) is 32.4 Å². The van der Waals surface area contributed by atoms with Gasteiger partial charge >= 0.3 is 0 Å². The molecule has 0 radical (unpaired) electrons. The van der Waals surface area contributed by atoms with Crippen molar-refractivity contribution in [2.24, 2.45) is 0 Å². The highest BCUT2D eigenvalue weighted by Crippen LogP contribution is 2.27. The van der Waals surface area contributed by atoms with Crippen molar-refractivity contribution < 1.29 is 8.42 Å². The molecule has 0 heterocycles. The second-order valence-electron chi connectivity index (χ2n) is 4.56. The summed E-state index contributed by atoms with van der Waals surface area (Å²) in [6, 6.07) is 3.36. The van der Waals surface area contributed by atoms with Crippen LogP contribution in [-0.2, 0) is 16.6 Å². The van der Waals surface area contributed by atoms with E-state index in [1.54, 1.807) is 6.07 Å². The molecular weight excluding hydrogens is 296 g/mol. The third-order valence-corrected chi connectivity index (χ3v) is 5.72. The average Bonchev–Trinajstić information content (AvgIpc) is 2.40. The summed E-state index contributed by atoms with van der Waals surface area (Å²) in [5.74, 6) is 0. The number of sulfonamides is 1. The molecule has 0 bridgehead atoms. The molecular formula is C14H23ClN2O2S. The summed E-state index contributed by atoms with van der Waals surface area (Å²) in [7, 11) is -3.48. The van der Waals surface area contributed by atoms with E-state index in [1.807, 2.05) is 33.8 Å². The van der Waals surface area contributed by atoms with E-state index < -0.39 is 10.0 Å². The molecule has 1 N–H and O–H groups in total. The fraction of sp³-hybridized carbons (Fsp3) is 0.571. The monoisotopic (exact) mass is 318 g/mol. The molecule has 0 saturated carbocycles.